The van der Waals surface area contributed by atoms with E-state index in [9.17, 15) is 18.5 Å². The van der Waals surface area contributed by atoms with Gasteiger partial charge in [0.25, 0.3) is 5.56 Å². The molecule has 0 N–H and O–H groups in total. The van der Waals surface area contributed by atoms with Crippen molar-refractivity contribution in [2.75, 3.05) is 19.3 Å². The van der Waals surface area contributed by atoms with E-state index >= 15 is 0 Å². The highest BCUT2D eigenvalue weighted by Gasteiger charge is 2.28. The molecule has 3 heterocycles. The second kappa shape index (κ2) is 8.69. The van der Waals surface area contributed by atoms with Gasteiger partial charge in [-0.3, -0.25) is 9.78 Å². The van der Waals surface area contributed by atoms with Gasteiger partial charge in [-0.2, -0.15) is 5.26 Å². The maximum atomic E-state index is 13.7. The van der Waals surface area contributed by atoms with Crippen molar-refractivity contribution in [1.82, 2.24) is 13.9 Å². The van der Waals surface area contributed by atoms with Crippen molar-refractivity contribution >= 4 is 10.0 Å². The SMILES string of the molecule is Cc1c(-c2ccccn2)cn(C2CCN(S(C)(=O)=O)CC2)c(=O)c1-c1ccccc1C#N. The van der Waals surface area contributed by atoms with E-state index in [0.717, 1.165) is 16.8 Å². The highest BCUT2D eigenvalue weighted by atomic mass is 32.2. The molecule has 7 nitrogen and oxygen atoms in total. The third kappa shape index (κ3) is 4.09. The molecule has 0 amide bonds. The lowest BCUT2D eigenvalue weighted by Crippen LogP contribution is -2.40. The van der Waals surface area contributed by atoms with Crippen molar-refractivity contribution < 1.29 is 8.42 Å². The topological polar surface area (TPSA) is 96.1 Å². The number of rotatable bonds is 4. The van der Waals surface area contributed by atoms with Crippen LogP contribution in [0.4, 0.5) is 0 Å². The van der Waals surface area contributed by atoms with Gasteiger partial charge in [0, 0.05) is 42.7 Å². The van der Waals surface area contributed by atoms with Gasteiger partial charge >= 0.3 is 0 Å². The summed E-state index contributed by atoms with van der Waals surface area (Å²) in [6.45, 7) is 2.62. The molecular formula is C24H24N4O3S. The molecule has 1 aliphatic heterocycles. The highest BCUT2D eigenvalue weighted by Crippen LogP contribution is 2.32. The smallest absolute Gasteiger partial charge is 0.259 e. The Bertz CT molecular complexity index is 1350. The van der Waals surface area contributed by atoms with Gasteiger partial charge < -0.3 is 4.57 Å². The van der Waals surface area contributed by atoms with Crippen molar-refractivity contribution in [3.63, 3.8) is 0 Å². The minimum atomic E-state index is -3.26. The van der Waals surface area contributed by atoms with Crippen LogP contribution in [0.5, 0.6) is 0 Å². The summed E-state index contributed by atoms with van der Waals surface area (Å²) in [5.74, 6) is 0. The Morgan fingerprint density at radius 2 is 1.75 bits per heavy atom. The Morgan fingerprint density at radius 3 is 2.38 bits per heavy atom. The van der Waals surface area contributed by atoms with Crippen LogP contribution in [0.15, 0.2) is 59.7 Å². The molecule has 8 heteroatoms. The van der Waals surface area contributed by atoms with E-state index in [1.807, 2.05) is 37.4 Å². The van der Waals surface area contributed by atoms with E-state index in [-0.39, 0.29) is 11.6 Å². The molecule has 0 spiro atoms. The molecule has 3 aromatic rings. The Kier molecular flexibility index (Phi) is 5.96. The van der Waals surface area contributed by atoms with E-state index in [1.165, 1.54) is 10.6 Å². The van der Waals surface area contributed by atoms with Crippen molar-refractivity contribution in [3.8, 4) is 28.5 Å². The molecule has 4 rings (SSSR count). The summed E-state index contributed by atoms with van der Waals surface area (Å²) in [6, 6.07) is 14.8. The van der Waals surface area contributed by atoms with E-state index in [2.05, 4.69) is 11.1 Å². The predicted octanol–water partition coefficient (Wildman–Crippen LogP) is 3.35. The maximum absolute atomic E-state index is 13.7. The minimum absolute atomic E-state index is 0.142. The van der Waals surface area contributed by atoms with E-state index < -0.39 is 10.0 Å². The second-order valence-electron chi connectivity index (χ2n) is 8.02. The Hall–Kier alpha value is -3.28. The van der Waals surface area contributed by atoms with Crippen LogP contribution in [0.2, 0.25) is 0 Å². The number of benzene rings is 1. The minimum Gasteiger partial charge on any atom is -0.311 e. The van der Waals surface area contributed by atoms with Crippen molar-refractivity contribution in [3.05, 3.63) is 76.3 Å². The molecule has 1 aromatic carbocycles. The Labute approximate surface area is 187 Å². The third-order valence-electron chi connectivity index (χ3n) is 6.04. The first-order valence-corrected chi connectivity index (χ1v) is 12.3. The molecular weight excluding hydrogens is 424 g/mol. The molecule has 0 saturated carbocycles. The lowest BCUT2D eigenvalue weighted by atomic mass is 9.93. The molecule has 1 saturated heterocycles. The third-order valence-corrected chi connectivity index (χ3v) is 7.34. The van der Waals surface area contributed by atoms with Crippen LogP contribution in [0.1, 0.15) is 30.0 Å². The molecule has 1 fully saturated rings. The fourth-order valence-electron chi connectivity index (χ4n) is 4.34. The molecule has 164 valence electrons. The lowest BCUT2D eigenvalue weighted by molar-refractivity contribution is 0.272. The van der Waals surface area contributed by atoms with Gasteiger partial charge in [-0.05, 0) is 43.5 Å². The first-order valence-electron chi connectivity index (χ1n) is 10.4. The molecule has 32 heavy (non-hydrogen) atoms. The van der Waals surface area contributed by atoms with Crippen LogP contribution in [0.25, 0.3) is 22.4 Å². The summed E-state index contributed by atoms with van der Waals surface area (Å²) < 4.78 is 27.0. The fourth-order valence-corrected chi connectivity index (χ4v) is 5.21. The zero-order valence-electron chi connectivity index (χ0n) is 18.0. The number of aromatic nitrogens is 2. The summed E-state index contributed by atoms with van der Waals surface area (Å²) in [7, 11) is -3.26. The fraction of sp³-hybridized carbons (Fsp3) is 0.292. The van der Waals surface area contributed by atoms with E-state index in [0.29, 0.717) is 42.6 Å². The van der Waals surface area contributed by atoms with Gasteiger partial charge in [-0.1, -0.05) is 24.3 Å². The van der Waals surface area contributed by atoms with Gasteiger partial charge in [0.1, 0.15) is 0 Å². The largest absolute Gasteiger partial charge is 0.311 e. The number of hydrogen-bond acceptors (Lipinski definition) is 5. The summed E-state index contributed by atoms with van der Waals surface area (Å²) in [6.07, 6.45) is 5.83. The molecule has 1 aliphatic rings. The molecule has 2 aromatic heterocycles. The quantitative estimate of drug-likeness (QED) is 0.610. The first kappa shape index (κ1) is 21.9. The van der Waals surface area contributed by atoms with Gasteiger partial charge in [0.05, 0.1) is 29.1 Å². The average Bonchev–Trinajstić information content (AvgIpc) is 2.80. The number of nitriles is 1. The van der Waals surface area contributed by atoms with Gasteiger partial charge in [0.15, 0.2) is 0 Å². The Morgan fingerprint density at radius 1 is 1.06 bits per heavy atom. The zero-order valence-corrected chi connectivity index (χ0v) is 18.8. The van der Waals surface area contributed by atoms with Crippen LogP contribution in [0, 0.1) is 18.3 Å². The summed E-state index contributed by atoms with van der Waals surface area (Å²) >= 11 is 0. The predicted molar refractivity (Wildman–Crippen MR) is 124 cm³/mol. The molecule has 0 aliphatic carbocycles. The molecule has 0 radical (unpaired) electrons. The van der Waals surface area contributed by atoms with Crippen LogP contribution in [-0.2, 0) is 10.0 Å². The van der Waals surface area contributed by atoms with Crippen LogP contribution in [0.3, 0.4) is 0 Å². The normalized spacial score (nSPS) is 15.4. The van der Waals surface area contributed by atoms with Crippen molar-refractivity contribution in [2.24, 2.45) is 0 Å². The second-order valence-corrected chi connectivity index (χ2v) is 10.0. The van der Waals surface area contributed by atoms with E-state index in [1.54, 1.807) is 29.0 Å². The standard InChI is InChI=1S/C24H24N4O3S/c1-17-21(22-9-5-6-12-26-22)16-28(19-10-13-27(14-11-19)32(2,30)31)24(29)23(17)20-8-4-3-7-18(20)15-25/h3-9,12,16,19H,10-11,13-14H2,1-2H3. The van der Waals surface area contributed by atoms with Crippen LogP contribution in [-0.4, -0.2) is 41.6 Å². The number of sulfonamides is 1. The van der Waals surface area contributed by atoms with Crippen LogP contribution >= 0.6 is 0 Å². The Balaban J connectivity index is 1.90. The lowest BCUT2D eigenvalue weighted by Gasteiger charge is -2.32. The molecule has 0 atom stereocenters. The summed E-state index contributed by atoms with van der Waals surface area (Å²) in [5, 5.41) is 9.64. The number of nitrogens with zero attached hydrogens (tertiary/aromatic N) is 4. The van der Waals surface area contributed by atoms with Gasteiger partial charge in [0.2, 0.25) is 10.0 Å². The number of pyridine rings is 2. The average molecular weight is 449 g/mol. The van der Waals surface area contributed by atoms with Gasteiger partial charge in [-0.15, -0.1) is 0 Å². The van der Waals surface area contributed by atoms with E-state index in [4.69, 9.17) is 0 Å². The highest BCUT2D eigenvalue weighted by molar-refractivity contribution is 7.88. The zero-order chi connectivity index (χ0) is 22.9. The molecule has 0 unspecified atom stereocenters. The number of hydrogen-bond donors (Lipinski definition) is 0. The summed E-state index contributed by atoms with van der Waals surface area (Å²) in [4.78, 5) is 18.2. The first-order chi connectivity index (χ1) is 15.3. The maximum Gasteiger partial charge on any atom is 0.259 e. The monoisotopic (exact) mass is 448 g/mol. The molecule has 0 bridgehead atoms. The van der Waals surface area contributed by atoms with Crippen molar-refractivity contribution in [1.29, 1.82) is 5.26 Å². The van der Waals surface area contributed by atoms with Gasteiger partial charge in [-0.25, -0.2) is 12.7 Å². The van der Waals surface area contributed by atoms with Crippen LogP contribution < -0.4 is 5.56 Å². The number of piperidine rings is 1. The summed E-state index contributed by atoms with van der Waals surface area (Å²) in [5.41, 5.74) is 3.66. The van der Waals surface area contributed by atoms with Crippen molar-refractivity contribution in [2.45, 2.75) is 25.8 Å².